The second-order valence-electron chi connectivity index (χ2n) is 14.5. The van der Waals surface area contributed by atoms with Crippen molar-refractivity contribution in [2.24, 2.45) is 0 Å². The maximum atomic E-state index is 10.7. The zero-order valence-corrected chi connectivity index (χ0v) is 32.3. The smallest absolute Gasteiger partial charge is 0.395 e. The second-order valence-corrected chi connectivity index (χ2v) is 19.7. The van der Waals surface area contributed by atoms with Gasteiger partial charge in [-0.2, -0.15) is 0 Å². The van der Waals surface area contributed by atoms with Crippen molar-refractivity contribution in [2.75, 3.05) is 91.9 Å². The molecule has 0 radical (unpaired) electrons. The number of nitrogens with zero attached hydrogens (tertiary/aromatic N) is 3. The molecule has 3 N–H and O–H groups in total. The van der Waals surface area contributed by atoms with Gasteiger partial charge in [0.05, 0.1) is 68.7 Å². The molecule has 0 spiro atoms. The van der Waals surface area contributed by atoms with Crippen molar-refractivity contribution in [3.8, 4) is 0 Å². The van der Waals surface area contributed by atoms with Gasteiger partial charge in [0.15, 0.2) is 0 Å². The van der Waals surface area contributed by atoms with Crippen LogP contribution in [-0.2, 0) is 36.0 Å². The Hall–Kier alpha value is -0.126. The van der Waals surface area contributed by atoms with Crippen molar-refractivity contribution in [1.82, 2.24) is 14.7 Å². The maximum absolute atomic E-state index is 10.7. The molecule has 0 aromatic carbocycles. The van der Waals surface area contributed by atoms with E-state index in [9.17, 15) is 15.3 Å². The number of aliphatic hydroxyl groups is 3. The number of ether oxygens (including phenoxy) is 2. The second kappa shape index (κ2) is 19.6. The van der Waals surface area contributed by atoms with Crippen LogP contribution in [0.1, 0.15) is 54.4 Å². The fourth-order valence-electron chi connectivity index (χ4n) is 7.53. The van der Waals surface area contributed by atoms with Gasteiger partial charge < -0.3 is 51.3 Å². The Balaban J connectivity index is 1.12. The van der Waals surface area contributed by atoms with E-state index in [0.717, 1.165) is 39.3 Å². The summed E-state index contributed by atoms with van der Waals surface area (Å²) in [6.07, 6.45) is 0.138. The van der Waals surface area contributed by atoms with Gasteiger partial charge in [0, 0.05) is 84.2 Å². The number of hydrogen-bond acceptors (Lipinski definition) is 14. The van der Waals surface area contributed by atoms with E-state index in [-0.39, 0.29) is 69.5 Å². The van der Waals surface area contributed by atoms with E-state index in [0.29, 0.717) is 44.7 Å². The van der Waals surface area contributed by atoms with Gasteiger partial charge in [-0.3, -0.25) is 14.7 Å². The monoisotopic (exact) mass is 723 g/mol. The van der Waals surface area contributed by atoms with Crippen molar-refractivity contribution in [1.29, 1.82) is 0 Å². The lowest BCUT2D eigenvalue weighted by atomic mass is 10.2. The van der Waals surface area contributed by atoms with Gasteiger partial charge in [-0.1, -0.05) is 0 Å². The number of fused-ring (bicyclic) bond motifs is 12. The Morgan fingerprint density at radius 2 is 0.917 bits per heavy atom. The SMILES string of the molecule is CC1CN2CC(C)O[Si](CCCOCC(O)CN(CCO)CC(O)COCCC[Si]34OC(C)CN(CC(C)O3)CC(C)O4)(O1)OC(C)C2. The molecule has 6 rings (SSSR count). The molecule has 4 bridgehead atoms. The lowest BCUT2D eigenvalue weighted by Gasteiger charge is -2.45. The fourth-order valence-corrected chi connectivity index (χ4v) is 13.9. The Labute approximate surface area is 290 Å². The minimum absolute atomic E-state index is 0.0451. The minimum atomic E-state index is -2.86. The van der Waals surface area contributed by atoms with E-state index in [1.807, 2.05) is 4.90 Å². The van der Waals surface area contributed by atoms with Crippen LogP contribution in [0.5, 0.6) is 0 Å². The first kappa shape index (κ1) is 40.6. The van der Waals surface area contributed by atoms with Crippen LogP contribution in [0.2, 0.25) is 12.1 Å². The van der Waals surface area contributed by atoms with Gasteiger partial charge in [-0.25, -0.2) is 0 Å². The van der Waals surface area contributed by atoms with Gasteiger partial charge in [0.1, 0.15) is 0 Å². The highest BCUT2D eigenvalue weighted by Crippen LogP contribution is 2.30. The zero-order valence-electron chi connectivity index (χ0n) is 30.3. The lowest BCUT2D eigenvalue weighted by molar-refractivity contribution is -0.0805. The molecule has 0 amide bonds. The third-order valence-electron chi connectivity index (χ3n) is 8.89. The molecule has 6 fully saturated rings. The highest BCUT2D eigenvalue weighted by molar-refractivity contribution is 6.61. The van der Waals surface area contributed by atoms with E-state index in [1.54, 1.807) is 0 Å². The third kappa shape index (κ3) is 13.4. The molecule has 6 aliphatic heterocycles. The molecular weight excluding hydrogens is 659 g/mol. The summed E-state index contributed by atoms with van der Waals surface area (Å²) in [5.74, 6) is 0. The van der Waals surface area contributed by atoms with Crippen molar-refractivity contribution < 1.29 is 51.3 Å². The van der Waals surface area contributed by atoms with Crippen molar-refractivity contribution in [3.63, 3.8) is 0 Å². The molecule has 0 aromatic rings. The van der Waals surface area contributed by atoms with Crippen LogP contribution in [0.25, 0.3) is 0 Å². The Kier molecular flexibility index (Phi) is 16.6. The van der Waals surface area contributed by atoms with E-state index in [1.165, 1.54) is 0 Å². The van der Waals surface area contributed by atoms with E-state index < -0.39 is 29.8 Å². The summed E-state index contributed by atoms with van der Waals surface area (Å²) in [5, 5.41) is 31.0. The summed E-state index contributed by atoms with van der Waals surface area (Å²) >= 11 is 0. The van der Waals surface area contributed by atoms with E-state index in [2.05, 4.69) is 51.3 Å². The first-order valence-corrected chi connectivity index (χ1v) is 22.1. The summed E-state index contributed by atoms with van der Waals surface area (Å²) < 4.78 is 50.1. The van der Waals surface area contributed by atoms with Crippen molar-refractivity contribution in [2.45, 2.75) is 115 Å². The molecule has 0 aliphatic carbocycles. The van der Waals surface area contributed by atoms with Crippen LogP contribution in [0, 0.1) is 0 Å². The normalized spacial score (nSPS) is 38.9. The minimum Gasteiger partial charge on any atom is -0.395 e. The van der Waals surface area contributed by atoms with Gasteiger partial charge in [-0.05, 0) is 54.4 Å². The predicted octanol–water partition coefficient (Wildman–Crippen LogP) is 0.783. The average molecular weight is 724 g/mol. The molecule has 6 saturated heterocycles. The lowest BCUT2D eigenvalue weighted by Crippen LogP contribution is -2.61. The molecule has 8 atom stereocenters. The Morgan fingerprint density at radius 1 is 0.604 bits per heavy atom. The van der Waals surface area contributed by atoms with Crippen LogP contribution in [0.3, 0.4) is 0 Å². The molecule has 8 unspecified atom stereocenters. The molecule has 48 heavy (non-hydrogen) atoms. The Morgan fingerprint density at radius 3 is 1.21 bits per heavy atom. The maximum Gasteiger partial charge on any atom is 0.501 e. The highest BCUT2D eigenvalue weighted by Gasteiger charge is 2.50. The molecule has 16 heteroatoms. The number of hydrogen-bond donors (Lipinski definition) is 3. The Bertz CT molecular complexity index is 792. The molecule has 6 aliphatic rings. The molecule has 0 aromatic heterocycles. The summed E-state index contributed by atoms with van der Waals surface area (Å²) in [4.78, 5) is 6.53. The third-order valence-corrected chi connectivity index (χ3v) is 15.4. The standard InChI is InChI=1S/C32H65N3O11Si2/c1-25-15-34-16-26(2)42-47(41-25,43-27(3)17-34)13-7-11-39-23-31(37)21-33(9-10-36)22-32(38)24-40-12-8-14-48-44-28(4)18-35(19-29(5)45-48)20-30(6)46-48/h25-32,36-38H,7-24H2,1-6H3. The molecule has 14 nitrogen and oxygen atoms in total. The van der Waals surface area contributed by atoms with Gasteiger partial charge >= 0.3 is 17.6 Å². The van der Waals surface area contributed by atoms with Gasteiger partial charge in [-0.15, -0.1) is 0 Å². The summed E-state index contributed by atoms with van der Waals surface area (Å²) in [7, 11) is -5.71. The highest BCUT2D eigenvalue weighted by atomic mass is 28.4. The van der Waals surface area contributed by atoms with Crippen LogP contribution in [0.4, 0.5) is 0 Å². The van der Waals surface area contributed by atoms with Crippen LogP contribution >= 0.6 is 0 Å². The topological polar surface area (TPSA) is 144 Å². The van der Waals surface area contributed by atoms with Crippen LogP contribution in [-0.4, -0.2) is 188 Å². The van der Waals surface area contributed by atoms with E-state index >= 15 is 0 Å². The van der Waals surface area contributed by atoms with Crippen LogP contribution in [0.15, 0.2) is 0 Å². The predicted molar refractivity (Wildman–Crippen MR) is 184 cm³/mol. The summed E-state index contributed by atoms with van der Waals surface area (Å²) in [6.45, 7) is 19.7. The molecule has 6 heterocycles. The number of rotatable bonds is 18. The van der Waals surface area contributed by atoms with Gasteiger partial charge in [0.2, 0.25) is 0 Å². The molecule has 282 valence electrons. The molecular formula is C32H65N3O11Si2. The van der Waals surface area contributed by atoms with E-state index in [4.69, 9.17) is 36.0 Å². The molecule has 0 saturated carbocycles. The van der Waals surface area contributed by atoms with Crippen molar-refractivity contribution in [3.05, 3.63) is 0 Å². The summed E-state index contributed by atoms with van der Waals surface area (Å²) in [6, 6.07) is 1.33. The largest absolute Gasteiger partial charge is 0.501 e. The number of aliphatic hydroxyl groups excluding tert-OH is 3. The summed E-state index contributed by atoms with van der Waals surface area (Å²) in [5.41, 5.74) is 0. The first-order chi connectivity index (χ1) is 22.9. The van der Waals surface area contributed by atoms with Gasteiger partial charge in [0.25, 0.3) is 0 Å². The van der Waals surface area contributed by atoms with Crippen molar-refractivity contribution >= 4 is 17.6 Å². The van der Waals surface area contributed by atoms with Crippen LogP contribution < -0.4 is 0 Å². The quantitative estimate of drug-likeness (QED) is 0.135. The average Bonchev–Trinajstić information content (AvgIpc) is 2.93. The fraction of sp³-hybridized carbons (Fsp3) is 1.00. The zero-order chi connectivity index (χ0) is 34.7. The first-order valence-electron chi connectivity index (χ1n) is 18.2.